The summed E-state index contributed by atoms with van der Waals surface area (Å²) < 4.78 is 2.25. The highest BCUT2D eigenvalue weighted by atomic mass is 15.1. The van der Waals surface area contributed by atoms with Gasteiger partial charge >= 0.3 is 0 Å². The zero-order chi connectivity index (χ0) is 14.9. The molecule has 0 fully saturated rings. The van der Waals surface area contributed by atoms with E-state index in [0.717, 1.165) is 6.54 Å². The quantitative estimate of drug-likeness (QED) is 0.743. The molecular formula is C19H15N3. The minimum absolute atomic E-state index is 0.121. The molecule has 1 atom stereocenters. The van der Waals surface area contributed by atoms with Crippen molar-refractivity contribution in [3.63, 3.8) is 0 Å². The Morgan fingerprint density at radius 2 is 1.82 bits per heavy atom. The number of nitrogens with zero attached hydrogens (tertiary/aromatic N) is 2. The maximum atomic E-state index is 8.96. The highest BCUT2D eigenvalue weighted by Gasteiger charge is 2.22. The molecule has 1 aliphatic rings. The molecule has 2 aromatic carbocycles. The van der Waals surface area contributed by atoms with Crippen LogP contribution in [0.25, 0.3) is 5.69 Å². The molecule has 0 saturated carbocycles. The number of aromatic nitrogens is 1. The van der Waals surface area contributed by atoms with Crippen molar-refractivity contribution in [2.24, 2.45) is 0 Å². The van der Waals surface area contributed by atoms with Gasteiger partial charge in [-0.15, -0.1) is 0 Å². The van der Waals surface area contributed by atoms with Crippen LogP contribution in [0.4, 0.5) is 0 Å². The Balaban J connectivity index is 1.82. The predicted molar refractivity (Wildman–Crippen MR) is 85.6 cm³/mol. The highest BCUT2D eigenvalue weighted by molar-refractivity contribution is 5.47. The molecule has 1 aromatic heterocycles. The third-order valence-corrected chi connectivity index (χ3v) is 4.20. The molecular weight excluding hydrogens is 270 g/mol. The Bertz CT molecular complexity index is 853. The van der Waals surface area contributed by atoms with Gasteiger partial charge in [0.15, 0.2) is 0 Å². The second-order valence-corrected chi connectivity index (χ2v) is 5.48. The smallest absolute Gasteiger partial charge is 0.0991 e. The van der Waals surface area contributed by atoms with Gasteiger partial charge in [-0.3, -0.25) is 0 Å². The van der Waals surface area contributed by atoms with Crippen molar-refractivity contribution < 1.29 is 0 Å². The number of rotatable bonds is 1. The Hall–Kier alpha value is -2.83. The van der Waals surface area contributed by atoms with Crippen molar-refractivity contribution in [1.29, 1.82) is 5.26 Å². The van der Waals surface area contributed by atoms with Gasteiger partial charge in [0.25, 0.3) is 0 Å². The van der Waals surface area contributed by atoms with Crippen LogP contribution in [0, 0.1) is 11.3 Å². The first-order valence-electron chi connectivity index (χ1n) is 7.36. The molecule has 3 heteroatoms. The number of benzene rings is 2. The van der Waals surface area contributed by atoms with Crippen molar-refractivity contribution in [1.82, 2.24) is 9.88 Å². The summed E-state index contributed by atoms with van der Waals surface area (Å²) in [5.74, 6) is 0. The minimum atomic E-state index is 0.121. The lowest BCUT2D eigenvalue weighted by Gasteiger charge is -2.18. The number of hydrogen-bond donors (Lipinski definition) is 1. The van der Waals surface area contributed by atoms with Crippen molar-refractivity contribution in [3.8, 4) is 11.8 Å². The van der Waals surface area contributed by atoms with Crippen molar-refractivity contribution >= 4 is 0 Å². The van der Waals surface area contributed by atoms with Gasteiger partial charge in [-0.2, -0.15) is 5.26 Å². The van der Waals surface area contributed by atoms with Gasteiger partial charge in [0.05, 0.1) is 17.7 Å². The largest absolute Gasteiger partial charge is 0.319 e. The van der Waals surface area contributed by atoms with Gasteiger partial charge in [-0.1, -0.05) is 30.3 Å². The van der Waals surface area contributed by atoms with Gasteiger partial charge in [0.2, 0.25) is 0 Å². The molecule has 0 aliphatic carbocycles. The molecule has 106 valence electrons. The summed E-state index contributed by atoms with van der Waals surface area (Å²) >= 11 is 0. The van der Waals surface area contributed by atoms with Crippen LogP contribution < -0.4 is 5.32 Å². The van der Waals surface area contributed by atoms with Gasteiger partial charge < -0.3 is 9.88 Å². The molecule has 0 amide bonds. The summed E-state index contributed by atoms with van der Waals surface area (Å²) in [5, 5.41) is 12.6. The normalized spacial score (nSPS) is 16.2. The number of fused-ring (bicyclic) bond motifs is 3. The topological polar surface area (TPSA) is 40.8 Å². The molecule has 0 radical (unpaired) electrons. The SMILES string of the molecule is N#Cc1ccc(C2NCc3ccccc3-n3cccc32)cc1. The van der Waals surface area contributed by atoms with Crippen LogP contribution in [-0.4, -0.2) is 4.57 Å². The second-order valence-electron chi connectivity index (χ2n) is 5.48. The predicted octanol–water partition coefficient (Wildman–Crippen LogP) is 3.54. The number of nitriles is 1. The fourth-order valence-electron chi connectivity index (χ4n) is 3.10. The van der Waals surface area contributed by atoms with E-state index in [1.54, 1.807) is 0 Å². The molecule has 0 bridgehead atoms. The van der Waals surface area contributed by atoms with Gasteiger partial charge in [0.1, 0.15) is 0 Å². The molecule has 3 aromatic rings. The van der Waals surface area contributed by atoms with Crippen molar-refractivity contribution in [2.45, 2.75) is 12.6 Å². The molecule has 1 aliphatic heterocycles. The zero-order valence-corrected chi connectivity index (χ0v) is 12.0. The lowest BCUT2D eigenvalue weighted by Crippen LogP contribution is -2.21. The highest BCUT2D eigenvalue weighted by Crippen LogP contribution is 2.30. The molecule has 1 unspecified atom stereocenters. The van der Waals surface area contributed by atoms with E-state index in [4.69, 9.17) is 5.26 Å². The fourth-order valence-corrected chi connectivity index (χ4v) is 3.10. The van der Waals surface area contributed by atoms with Gasteiger partial charge in [-0.25, -0.2) is 0 Å². The third-order valence-electron chi connectivity index (χ3n) is 4.20. The van der Waals surface area contributed by atoms with Crippen LogP contribution in [0.15, 0.2) is 66.9 Å². The van der Waals surface area contributed by atoms with E-state index < -0.39 is 0 Å². The van der Waals surface area contributed by atoms with E-state index in [1.807, 2.05) is 24.3 Å². The number of para-hydroxylation sites is 1. The maximum Gasteiger partial charge on any atom is 0.0991 e. The average molecular weight is 285 g/mol. The van der Waals surface area contributed by atoms with Crippen molar-refractivity contribution in [3.05, 3.63) is 89.2 Å². The van der Waals surface area contributed by atoms with Crippen LogP contribution >= 0.6 is 0 Å². The van der Waals surface area contributed by atoms with Gasteiger partial charge in [-0.05, 0) is 41.5 Å². The van der Waals surface area contributed by atoms with E-state index in [0.29, 0.717) is 5.56 Å². The van der Waals surface area contributed by atoms with E-state index >= 15 is 0 Å². The lowest BCUT2D eigenvalue weighted by atomic mass is 10.0. The molecule has 2 heterocycles. The van der Waals surface area contributed by atoms with Gasteiger partial charge in [0, 0.05) is 24.1 Å². The second kappa shape index (κ2) is 5.18. The molecule has 4 rings (SSSR count). The first-order valence-corrected chi connectivity index (χ1v) is 7.36. The van der Waals surface area contributed by atoms with Crippen LogP contribution in [0.2, 0.25) is 0 Å². The number of nitrogens with one attached hydrogen (secondary N) is 1. The molecule has 3 nitrogen and oxygen atoms in total. The monoisotopic (exact) mass is 285 g/mol. The van der Waals surface area contributed by atoms with Crippen LogP contribution in [0.1, 0.15) is 28.4 Å². The van der Waals surface area contributed by atoms with E-state index in [-0.39, 0.29) is 6.04 Å². The number of hydrogen-bond acceptors (Lipinski definition) is 2. The molecule has 1 N–H and O–H groups in total. The molecule has 0 saturated heterocycles. The Morgan fingerprint density at radius 3 is 2.64 bits per heavy atom. The standard InChI is InChI=1S/C19H15N3/c20-12-14-7-9-15(10-8-14)19-18-6-3-11-22(18)17-5-2-1-4-16(17)13-21-19/h1-11,19,21H,13H2. The summed E-state index contributed by atoms with van der Waals surface area (Å²) in [5.41, 5.74) is 5.60. The fraction of sp³-hybridized carbons (Fsp3) is 0.105. The summed E-state index contributed by atoms with van der Waals surface area (Å²) in [7, 11) is 0. The minimum Gasteiger partial charge on any atom is -0.319 e. The summed E-state index contributed by atoms with van der Waals surface area (Å²) in [6.45, 7) is 0.822. The van der Waals surface area contributed by atoms with Crippen LogP contribution in [0.5, 0.6) is 0 Å². The first-order chi connectivity index (χ1) is 10.9. The Morgan fingerprint density at radius 1 is 1.00 bits per heavy atom. The molecule has 22 heavy (non-hydrogen) atoms. The summed E-state index contributed by atoms with van der Waals surface area (Å²) in [6.07, 6.45) is 2.11. The maximum absolute atomic E-state index is 8.96. The van der Waals surface area contributed by atoms with Crippen LogP contribution in [-0.2, 0) is 6.54 Å². The van der Waals surface area contributed by atoms with Crippen LogP contribution in [0.3, 0.4) is 0 Å². The zero-order valence-electron chi connectivity index (χ0n) is 12.0. The summed E-state index contributed by atoms with van der Waals surface area (Å²) in [6, 6.07) is 22.8. The Kier molecular flexibility index (Phi) is 3.03. The van der Waals surface area contributed by atoms with Crippen molar-refractivity contribution in [2.75, 3.05) is 0 Å². The molecule has 0 spiro atoms. The van der Waals surface area contributed by atoms with E-state index in [9.17, 15) is 0 Å². The average Bonchev–Trinajstić information content (AvgIpc) is 3.00. The summed E-state index contributed by atoms with van der Waals surface area (Å²) in [4.78, 5) is 0. The third kappa shape index (κ3) is 2.02. The Labute approximate surface area is 129 Å². The van der Waals surface area contributed by atoms with E-state index in [1.165, 1.54) is 22.5 Å². The lowest BCUT2D eigenvalue weighted by molar-refractivity contribution is 0.601. The van der Waals surface area contributed by atoms with E-state index in [2.05, 4.69) is 58.5 Å². The first kappa shape index (κ1) is 12.9.